The van der Waals surface area contributed by atoms with Gasteiger partial charge in [0.05, 0.1) is 6.54 Å². The first-order chi connectivity index (χ1) is 12.1. The van der Waals surface area contributed by atoms with E-state index in [-0.39, 0.29) is 11.2 Å². The first-order valence-electron chi connectivity index (χ1n) is 9.59. The van der Waals surface area contributed by atoms with E-state index in [1.165, 1.54) is 25.9 Å². The third kappa shape index (κ3) is 4.72. The number of halogens is 1. The summed E-state index contributed by atoms with van der Waals surface area (Å²) in [4.78, 5) is 7.17. The summed E-state index contributed by atoms with van der Waals surface area (Å²) >= 11 is 0. The lowest BCUT2D eigenvalue weighted by molar-refractivity contribution is 0.220. The molecule has 1 saturated carbocycles. The van der Waals surface area contributed by atoms with Crippen LogP contribution in [0, 0.1) is 11.7 Å². The molecule has 2 fully saturated rings. The van der Waals surface area contributed by atoms with Gasteiger partial charge in [-0.05, 0) is 70.3 Å². The normalized spacial score (nSPS) is 21.2. The maximum atomic E-state index is 14.1. The Labute approximate surface area is 150 Å². The second kappa shape index (κ2) is 8.17. The van der Waals surface area contributed by atoms with Gasteiger partial charge < -0.3 is 15.5 Å². The van der Waals surface area contributed by atoms with Crippen molar-refractivity contribution in [3.8, 4) is 0 Å². The van der Waals surface area contributed by atoms with Gasteiger partial charge in [-0.2, -0.15) is 0 Å². The molecule has 2 N–H and O–H groups in total. The number of rotatable bonds is 6. The molecular formula is C20H31FN4. The Morgan fingerprint density at radius 2 is 1.96 bits per heavy atom. The molecule has 0 spiro atoms. The van der Waals surface area contributed by atoms with Gasteiger partial charge in [0.15, 0.2) is 5.96 Å². The molecule has 1 aliphatic heterocycles. The molecule has 0 aromatic heterocycles. The maximum absolute atomic E-state index is 14.1. The highest BCUT2D eigenvalue weighted by Crippen LogP contribution is 2.49. The lowest BCUT2D eigenvalue weighted by atomic mass is 9.95. The van der Waals surface area contributed by atoms with Crippen LogP contribution in [-0.4, -0.2) is 50.6 Å². The molecule has 0 amide bonds. The Kier molecular flexibility index (Phi) is 5.94. The van der Waals surface area contributed by atoms with Gasteiger partial charge in [-0.3, -0.25) is 4.99 Å². The summed E-state index contributed by atoms with van der Waals surface area (Å²) in [5, 5.41) is 6.83. The SMILES string of the molecule is CCNC(=NCC1(c2ccccc2F)CC1)NCC1CCN(C)CC1. The Bertz CT molecular complexity index is 589. The first kappa shape index (κ1) is 18.2. The number of aliphatic imine (C=N–C) groups is 1. The summed E-state index contributed by atoms with van der Waals surface area (Å²) in [6, 6.07) is 7.15. The Morgan fingerprint density at radius 3 is 2.60 bits per heavy atom. The number of benzene rings is 1. The lowest BCUT2D eigenvalue weighted by Gasteiger charge is -2.29. The first-order valence-corrected chi connectivity index (χ1v) is 9.59. The van der Waals surface area contributed by atoms with Crippen molar-refractivity contribution in [2.75, 3.05) is 39.8 Å². The van der Waals surface area contributed by atoms with E-state index in [9.17, 15) is 4.39 Å². The summed E-state index contributed by atoms with van der Waals surface area (Å²) in [5.41, 5.74) is 0.728. The molecule has 1 aliphatic carbocycles. The van der Waals surface area contributed by atoms with E-state index in [1.54, 1.807) is 12.1 Å². The molecule has 25 heavy (non-hydrogen) atoms. The third-order valence-corrected chi connectivity index (χ3v) is 5.58. The van der Waals surface area contributed by atoms with Gasteiger partial charge in [0.25, 0.3) is 0 Å². The van der Waals surface area contributed by atoms with Crippen molar-refractivity contribution in [1.29, 1.82) is 0 Å². The second-order valence-electron chi connectivity index (χ2n) is 7.58. The third-order valence-electron chi connectivity index (χ3n) is 5.58. The number of likely N-dealkylation sites (tertiary alicyclic amines) is 1. The summed E-state index contributed by atoms with van der Waals surface area (Å²) in [5.74, 6) is 1.48. The monoisotopic (exact) mass is 346 g/mol. The van der Waals surface area contributed by atoms with Crippen LogP contribution in [0.25, 0.3) is 0 Å². The van der Waals surface area contributed by atoms with E-state index >= 15 is 0 Å². The van der Waals surface area contributed by atoms with Crippen LogP contribution in [0.3, 0.4) is 0 Å². The van der Waals surface area contributed by atoms with Gasteiger partial charge in [0, 0.05) is 18.5 Å². The molecule has 0 unspecified atom stereocenters. The predicted molar refractivity (Wildman–Crippen MR) is 102 cm³/mol. The van der Waals surface area contributed by atoms with Crippen molar-refractivity contribution in [2.24, 2.45) is 10.9 Å². The van der Waals surface area contributed by atoms with Crippen LogP contribution < -0.4 is 10.6 Å². The van der Waals surface area contributed by atoms with Crippen LogP contribution >= 0.6 is 0 Å². The number of nitrogens with zero attached hydrogens (tertiary/aromatic N) is 2. The van der Waals surface area contributed by atoms with Gasteiger partial charge in [-0.25, -0.2) is 4.39 Å². The fourth-order valence-corrected chi connectivity index (χ4v) is 3.63. The van der Waals surface area contributed by atoms with Crippen LogP contribution in [0.5, 0.6) is 0 Å². The van der Waals surface area contributed by atoms with Crippen molar-refractivity contribution >= 4 is 5.96 Å². The van der Waals surface area contributed by atoms with Crippen molar-refractivity contribution in [3.05, 3.63) is 35.6 Å². The van der Waals surface area contributed by atoms with Gasteiger partial charge in [-0.1, -0.05) is 18.2 Å². The minimum Gasteiger partial charge on any atom is -0.357 e. The lowest BCUT2D eigenvalue weighted by Crippen LogP contribution is -2.42. The number of piperidine rings is 1. The predicted octanol–water partition coefficient (Wildman–Crippen LogP) is 2.75. The molecule has 138 valence electrons. The smallest absolute Gasteiger partial charge is 0.191 e. The van der Waals surface area contributed by atoms with Crippen molar-refractivity contribution in [2.45, 2.75) is 38.0 Å². The molecule has 2 aliphatic rings. The van der Waals surface area contributed by atoms with Gasteiger partial charge in [-0.15, -0.1) is 0 Å². The average Bonchev–Trinajstić information content (AvgIpc) is 3.40. The number of nitrogens with one attached hydrogen (secondary N) is 2. The van der Waals surface area contributed by atoms with Gasteiger partial charge >= 0.3 is 0 Å². The quantitative estimate of drug-likeness (QED) is 0.615. The number of guanidine groups is 1. The van der Waals surface area contributed by atoms with Gasteiger partial charge in [0.1, 0.15) is 5.82 Å². The minimum absolute atomic E-state index is 0.0960. The zero-order valence-corrected chi connectivity index (χ0v) is 15.5. The fraction of sp³-hybridized carbons (Fsp3) is 0.650. The zero-order chi connectivity index (χ0) is 17.7. The highest BCUT2D eigenvalue weighted by atomic mass is 19.1. The average molecular weight is 346 g/mol. The van der Waals surface area contributed by atoms with E-state index in [0.29, 0.717) is 12.5 Å². The molecule has 1 heterocycles. The van der Waals surface area contributed by atoms with Gasteiger partial charge in [0.2, 0.25) is 0 Å². The van der Waals surface area contributed by atoms with Crippen molar-refractivity contribution in [1.82, 2.24) is 15.5 Å². The highest BCUT2D eigenvalue weighted by molar-refractivity contribution is 5.79. The van der Waals surface area contributed by atoms with Crippen LogP contribution in [-0.2, 0) is 5.41 Å². The van der Waals surface area contributed by atoms with E-state index in [0.717, 1.165) is 37.5 Å². The maximum Gasteiger partial charge on any atom is 0.191 e. The van der Waals surface area contributed by atoms with Crippen LogP contribution in [0.4, 0.5) is 4.39 Å². The Hall–Kier alpha value is -1.62. The fourth-order valence-electron chi connectivity index (χ4n) is 3.63. The summed E-state index contributed by atoms with van der Waals surface area (Å²) in [6.45, 7) is 6.89. The van der Waals surface area contributed by atoms with Crippen molar-refractivity contribution < 1.29 is 4.39 Å². The molecule has 1 saturated heterocycles. The standard InChI is InChI=1S/C20H31FN4/c1-3-22-19(23-14-16-8-12-25(2)13-9-16)24-15-20(10-11-20)17-6-4-5-7-18(17)21/h4-7,16H,3,8-15H2,1-2H3,(H2,22,23,24). The zero-order valence-electron chi connectivity index (χ0n) is 15.5. The molecule has 0 atom stereocenters. The van der Waals surface area contributed by atoms with Crippen molar-refractivity contribution in [3.63, 3.8) is 0 Å². The summed E-state index contributed by atoms with van der Waals surface area (Å²) in [7, 11) is 2.19. The van der Waals surface area contributed by atoms with Crippen LogP contribution in [0.15, 0.2) is 29.3 Å². The molecular weight excluding hydrogens is 315 g/mol. The summed E-state index contributed by atoms with van der Waals surface area (Å²) in [6.07, 6.45) is 4.52. The Balaban J connectivity index is 1.58. The van der Waals surface area contributed by atoms with E-state index < -0.39 is 0 Å². The van der Waals surface area contributed by atoms with E-state index in [4.69, 9.17) is 4.99 Å². The molecule has 5 heteroatoms. The van der Waals surface area contributed by atoms with E-state index in [2.05, 4.69) is 29.5 Å². The molecule has 1 aromatic carbocycles. The highest BCUT2D eigenvalue weighted by Gasteiger charge is 2.45. The largest absolute Gasteiger partial charge is 0.357 e. The molecule has 3 rings (SSSR count). The van der Waals surface area contributed by atoms with Crippen LogP contribution in [0.2, 0.25) is 0 Å². The summed E-state index contributed by atoms with van der Waals surface area (Å²) < 4.78 is 14.1. The Morgan fingerprint density at radius 1 is 1.24 bits per heavy atom. The topological polar surface area (TPSA) is 39.7 Å². The molecule has 0 bridgehead atoms. The molecule has 1 aromatic rings. The van der Waals surface area contributed by atoms with Crippen LogP contribution in [0.1, 0.15) is 38.2 Å². The number of hydrogen-bond donors (Lipinski definition) is 2. The second-order valence-corrected chi connectivity index (χ2v) is 7.58. The number of hydrogen-bond acceptors (Lipinski definition) is 2. The molecule has 0 radical (unpaired) electrons. The van der Waals surface area contributed by atoms with E-state index in [1.807, 2.05) is 12.1 Å². The molecule has 4 nitrogen and oxygen atoms in total. The minimum atomic E-state index is -0.0977.